The number of fused-ring (bicyclic) bond motifs is 9. The minimum atomic E-state index is -0.700. The maximum atomic E-state index is 2.59. The number of nitrogens with zero attached hydrogens (tertiary/aromatic N) is 2. The Hall–Kier alpha value is -7.12. The molecule has 3 heterocycles. The molecule has 2 atom stereocenters. The third-order valence-corrected chi connectivity index (χ3v) is 18.8. The van der Waals surface area contributed by atoms with Gasteiger partial charge < -0.3 is 9.80 Å². The molecule has 13 rings (SSSR count). The molecule has 336 valence electrons. The fraction of sp³-hybridized carbons (Fsp3) is 0.182. The summed E-state index contributed by atoms with van der Waals surface area (Å²) in [5.74, 6) is 0.484. The second-order valence-electron chi connectivity index (χ2n) is 21.5. The minimum Gasteiger partial charge on any atom is -0.314 e. The van der Waals surface area contributed by atoms with Gasteiger partial charge in [-0.15, -0.1) is 0 Å². The van der Waals surface area contributed by atoms with Crippen LogP contribution in [0.2, 0.25) is 0 Å². The van der Waals surface area contributed by atoms with E-state index in [1.165, 1.54) is 116 Å². The van der Waals surface area contributed by atoms with Crippen LogP contribution in [0, 0.1) is 5.92 Å². The minimum absolute atomic E-state index is 0.0703. The number of para-hydroxylation sites is 3. The van der Waals surface area contributed by atoms with E-state index in [-0.39, 0.29) is 16.2 Å². The Morgan fingerprint density at radius 3 is 1.64 bits per heavy atom. The Kier molecular flexibility index (Phi) is 9.25. The van der Waals surface area contributed by atoms with E-state index in [1.54, 1.807) is 0 Å². The molecule has 0 bridgehead atoms. The van der Waals surface area contributed by atoms with Gasteiger partial charge in [0.1, 0.15) is 0 Å². The van der Waals surface area contributed by atoms with E-state index in [2.05, 4.69) is 258 Å². The lowest BCUT2D eigenvalue weighted by Crippen LogP contribution is -2.35. The molecule has 1 aromatic heterocycles. The quantitative estimate of drug-likeness (QED) is 0.159. The van der Waals surface area contributed by atoms with E-state index < -0.39 is 7.53 Å². The molecule has 0 N–H and O–H groups in total. The molecular weight excluding hydrogens is 852 g/mol. The standard InChI is InChI=1S/C66H57N2P/c1-42-25-34-55-61(37-42)68(60-24-16-13-21-54(60)65(55,4)5)45-31-36-63-51(40-45)50-38-43(29-35-62(50)69(63)47-17-9-8-10-18-47)26-27-44-28-32-48-49-33-30-46(41-57(49)66(6,7)56(48)39-44)67-58-22-14-11-19-52(58)64(2,3)53-20-12-15-23-59(53)67/h8-36,38-42H,37H2,1-7H3. The van der Waals surface area contributed by atoms with Crippen LogP contribution in [-0.2, 0) is 16.2 Å². The number of hydrogen-bond donors (Lipinski definition) is 0. The highest BCUT2D eigenvalue weighted by atomic mass is 31.1. The second-order valence-corrected chi connectivity index (χ2v) is 23.7. The number of hydrogen-bond acceptors (Lipinski definition) is 2. The Morgan fingerprint density at radius 1 is 0.464 bits per heavy atom. The van der Waals surface area contributed by atoms with Gasteiger partial charge in [-0.05, 0) is 145 Å². The lowest BCUT2D eigenvalue weighted by atomic mass is 9.70. The molecule has 0 amide bonds. The highest BCUT2D eigenvalue weighted by Gasteiger charge is 2.41. The zero-order chi connectivity index (χ0) is 47.0. The predicted octanol–water partition coefficient (Wildman–Crippen LogP) is 18.8. The molecule has 2 nitrogen and oxygen atoms in total. The van der Waals surface area contributed by atoms with Gasteiger partial charge in [0.05, 0.1) is 11.4 Å². The van der Waals surface area contributed by atoms with Crippen LogP contribution in [0.4, 0.5) is 28.4 Å². The third-order valence-electron chi connectivity index (χ3n) is 16.3. The molecule has 2 aliphatic heterocycles. The van der Waals surface area contributed by atoms with Gasteiger partial charge in [-0.1, -0.05) is 196 Å². The van der Waals surface area contributed by atoms with Crippen molar-refractivity contribution in [2.75, 3.05) is 9.80 Å². The van der Waals surface area contributed by atoms with Gasteiger partial charge in [-0.25, -0.2) is 0 Å². The monoisotopic (exact) mass is 908 g/mol. The first-order valence-corrected chi connectivity index (χ1v) is 26.2. The molecular formula is C66H57N2P. The van der Waals surface area contributed by atoms with Crippen LogP contribution < -0.4 is 9.80 Å². The summed E-state index contributed by atoms with van der Waals surface area (Å²) in [5, 5.41) is 6.98. The molecule has 3 heteroatoms. The zero-order valence-corrected chi connectivity index (χ0v) is 41.6. The van der Waals surface area contributed by atoms with E-state index >= 15 is 0 Å². The van der Waals surface area contributed by atoms with Gasteiger partial charge in [-0.3, -0.25) is 0 Å². The summed E-state index contributed by atoms with van der Waals surface area (Å²) in [7, 11) is -0.700. The van der Waals surface area contributed by atoms with Crippen molar-refractivity contribution in [1.29, 1.82) is 0 Å². The molecule has 8 aromatic carbocycles. The molecule has 0 saturated heterocycles. The first kappa shape index (κ1) is 42.0. The van der Waals surface area contributed by atoms with Gasteiger partial charge in [-0.2, -0.15) is 0 Å². The van der Waals surface area contributed by atoms with Crippen molar-refractivity contribution in [2.24, 2.45) is 5.92 Å². The van der Waals surface area contributed by atoms with Gasteiger partial charge in [0.15, 0.2) is 0 Å². The number of anilines is 5. The highest BCUT2D eigenvalue weighted by molar-refractivity contribution is 7.67. The normalized spacial score (nSPS) is 18.2. The van der Waals surface area contributed by atoms with Gasteiger partial charge >= 0.3 is 0 Å². The van der Waals surface area contributed by atoms with Crippen LogP contribution in [0.5, 0.6) is 0 Å². The molecule has 69 heavy (non-hydrogen) atoms. The van der Waals surface area contributed by atoms with E-state index in [9.17, 15) is 0 Å². The van der Waals surface area contributed by atoms with Crippen LogP contribution in [0.25, 0.3) is 49.6 Å². The first-order valence-electron chi connectivity index (χ1n) is 24.8. The molecule has 0 radical (unpaired) electrons. The summed E-state index contributed by atoms with van der Waals surface area (Å²) in [5.41, 5.74) is 20.7. The second kappa shape index (κ2) is 15.2. The van der Waals surface area contributed by atoms with Crippen molar-refractivity contribution in [1.82, 2.24) is 0 Å². The maximum absolute atomic E-state index is 2.59. The molecule has 0 fully saturated rings. The zero-order valence-electron chi connectivity index (χ0n) is 40.7. The Bertz CT molecular complexity index is 3650. The van der Waals surface area contributed by atoms with E-state index in [1.807, 2.05) is 0 Å². The number of allylic oxidation sites excluding steroid dienone is 4. The lowest BCUT2D eigenvalue weighted by molar-refractivity contribution is 0.578. The predicted molar refractivity (Wildman–Crippen MR) is 297 cm³/mol. The average Bonchev–Trinajstić information content (AvgIpc) is 3.80. The summed E-state index contributed by atoms with van der Waals surface area (Å²) >= 11 is 0. The number of rotatable bonds is 5. The molecule has 0 saturated carbocycles. The van der Waals surface area contributed by atoms with Crippen molar-refractivity contribution in [3.63, 3.8) is 0 Å². The molecule has 4 aliphatic rings. The number of benzene rings is 8. The first-order chi connectivity index (χ1) is 33.4. The van der Waals surface area contributed by atoms with Crippen LogP contribution in [0.15, 0.2) is 199 Å². The summed E-state index contributed by atoms with van der Waals surface area (Å²) < 4.78 is 0. The average molecular weight is 909 g/mol. The highest BCUT2D eigenvalue weighted by Crippen LogP contribution is 2.59. The van der Waals surface area contributed by atoms with Crippen molar-refractivity contribution in [3.05, 3.63) is 238 Å². The fourth-order valence-corrected chi connectivity index (χ4v) is 15.2. The van der Waals surface area contributed by atoms with Crippen LogP contribution >= 0.6 is 7.53 Å². The molecule has 0 spiro atoms. The summed E-state index contributed by atoms with van der Waals surface area (Å²) in [4.78, 5) is 5.07. The maximum Gasteiger partial charge on any atom is 0.0502 e. The third kappa shape index (κ3) is 6.24. The fourth-order valence-electron chi connectivity index (χ4n) is 12.7. The van der Waals surface area contributed by atoms with Gasteiger partial charge in [0.25, 0.3) is 0 Å². The summed E-state index contributed by atoms with van der Waals surface area (Å²) in [6, 6.07) is 66.9. The SMILES string of the molecule is CC1C=CC2=C(C1)N(c1ccc3c(c1)c1cc(C=Cc4ccc5c(c4)C(C)(C)c4cc(N6c7ccccc7C(C)(C)c7ccccc76)ccc4-5)ccc1p3-c1ccccc1)c1ccccc1C2(C)C. The molecule has 9 aromatic rings. The Morgan fingerprint density at radius 2 is 0.957 bits per heavy atom. The Labute approximate surface area is 408 Å². The Balaban J connectivity index is 0.879. The van der Waals surface area contributed by atoms with Crippen LogP contribution in [-0.4, -0.2) is 0 Å². The lowest BCUT2D eigenvalue weighted by Gasteiger charge is -2.45. The van der Waals surface area contributed by atoms with E-state index in [4.69, 9.17) is 0 Å². The van der Waals surface area contributed by atoms with Crippen molar-refractivity contribution in [2.45, 2.75) is 71.1 Å². The van der Waals surface area contributed by atoms with E-state index in [0.29, 0.717) is 5.92 Å². The van der Waals surface area contributed by atoms with Crippen molar-refractivity contribution in [3.8, 4) is 16.4 Å². The van der Waals surface area contributed by atoms with E-state index in [0.717, 1.165) is 6.42 Å². The topological polar surface area (TPSA) is 6.48 Å². The summed E-state index contributed by atoms with van der Waals surface area (Å²) in [6.45, 7) is 16.7. The van der Waals surface area contributed by atoms with Gasteiger partial charge in [0.2, 0.25) is 0 Å². The summed E-state index contributed by atoms with van der Waals surface area (Å²) in [6.07, 6.45) is 10.5. The van der Waals surface area contributed by atoms with Crippen molar-refractivity contribution < 1.29 is 0 Å². The van der Waals surface area contributed by atoms with Crippen LogP contribution in [0.1, 0.15) is 93.8 Å². The smallest absolute Gasteiger partial charge is 0.0502 e. The van der Waals surface area contributed by atoms with Crippen LogP contribution in [0.3, 0.4) is 0 Å². The molecule has 2 aliphatic carbocycles. The molecule has 2 unspecified atom stereocenters. The largest absolute Gasteiger partial charge is 0.314 e. The van der Waals surface area contributed by atoms with Gasteiger partial charge in [0, 0.05) is 49.2 Å². The van der Waals surface area contributed by atoms with Crippen molar-refractivity contribution >= 4 is 69.1 Å².